The molecule has 3 aliphatic rings. The minimum atomic E-state index is -4.56. The molecule has 2 saturated heterocycles. The van der Waals surface area contributed by atoms with Gasteiger partial charge in [0.25, 0.3) is 5.91 Å². The van der Waals surface area contributed by atoms with Crippen LogP contribution in [0.25, 0.3) is 0 Å². The Bertz CT molecular complexity index is 935. The number of hydrogen-bond acceptors (Lipinski definition) is 4. The van der Waals surface area contributed by atoms with Crippen LogP contribution in [0.2, 0.25) is 0 Å². The number of rotatable bonds is 4. The molecule has 180 valence electrons. The number of hydrogen-bond donors (Lipinski definition) is 2. The van der Waals surface area contributed by atoms with E-state index in [0.29, 0.717) is 37.5 Å². The minimum Gasteiger partial charge on any atom is -0.370 e. The minimum absolute atomic E-state index is 0.0324. The van der Waals surface area contributed by atoms with Crippen molar-refractivity contribution in [1.29, 1.82) is 0 Å². The number of nitrogens with zero attached hydrogens (tertiary/aromatic N) is 2. The van der Waals surface area contributed by atoms with Gasteiger partial charge in [0.1, 0.15) is 12.1 Å². The molecular weight excluding hydrogens is 437 g/mol. The summed E-state index contributed by atoms with van der Waals surface area (Å²) in [6.45, 7) is 2.91. The van der Waals surface area contributed by atoms with E-state index in [1.807, 2.05) is 4.90 Å². The lowest BCUT2D eigenvalue weighted by Crippen LogP contribution is -2.49. The Balaban J connectivity index is 1.51. The van der Waals surface area contributed by atoms with Crippen molar-refractivity contribution in [2.24, 2.45) is 5.92 Å². The summed E-state index contributed by atoms with van der Waals surface area (Å²) in [7, 11) is 0. The van der Waals surface area contributed by atoms with Gasteiger partial charge in [-0.15, -0.1) is 0 Å². The van der Waals surface area contributed by atoms with Crippen LogP contribution in [0.3, 0.4) is 0 Å². The van der Waals surface area contributed by atoms with Gasteiger partial charge < -0.3 is 15.5 Å². The third-order valence-electron chi connectivity index (χ3n) is 6.97. The molecule has 0 bridgehead atoms. The van der Waals surface area contributed by atoms with Gasteiger partial charge in [-0.2, -0.15) is 13.2 Å². The summed E-state index contributed by atoms with van der Waals surface area (Å²) in [5.41, 5.74) is -1.31. The predicted octanol–water partition coefficient (Wildman–Crippen LogP) is 4.13. The molecule has 1 aromatic carbocycles. The van der Waals surface area contributed by atoms with E-state index < -0.39 is 41.7 Å². The fraction of sp³-hybridized carbons (Fsp3) is 0.609. The lowest BCUT2D eigenvalue weighted by Gasteiger charge is -2.33. The Kier molecular flexibility index (Phi) is 6.28. The first-order valence-electron chi connectivity index (χ1n) is 11.5. The highest BCUT2D eigenvalue weighted by molar-refractivity contribution is 6.10. The van der Waals surface area contributed by atoms with Crippen molar-refractivity contribution in [2.75, 3.05) is 29.9 Å². The van der Waals surface area contributed by atoms with Crippen LogP contribution < -0.4 is 15.5 Å². The van der Waals surface area contributed by atoms with Gasteiger partial charge in [-0.1, -0.05) is 6.92 Å². The van der Waals surface area contributed by atoms with Crippen molar-refractivity contribution < 1.29 is 27.6 Å². The van der Waals surface area contributed by atoms with Gasteiger partial charge in [0, 0.05) is 13.1 Å². The number of benzene rings is 1. The first-order chi connectivity index (χ1) is 15.6. The SMILES string of the molecule is CC1CCC2(CC1)NC(=O)N(CC(=O)Nc1cc(C(F)(F)F)ccc1N1CCCCC1)C2=O. The molecule has 1 aliphatic carbocycles. The molecule has 4 rings (SSSR count). The normalized spacial score (nSPS) is 26.0. The maximum atomic E-state index is 13.3. The van der Waals surface area contributed by atoms with Crippen LogP contribution in [0.1, 0.15) is 57.4 Å². The first-order valence-corrected chi connectivity index (χ1v) is 11.5. The third kappa shape index (κ3) is 4.79. The number of piperidine rings is 1. The van der Waals surface area contributed by atoms with Crippen molar-refractivity contribution in [3.05, 3.63) is 23.8 Å². The van der Waals surface area contributed by atoms with E-state index >= 15 is 0 Å². The molecule has 3 fully saturated rings. The maximum absolute atomic E-state index is 13.3. The average Bonchev–Trinajstić information content (AvgIpc) is 3.00. The van der Waals surface area contributed by atoms with Gasteiger partial charge in [0.15, 0.2) is 0 Å². The highest BCUT2D eigenvalue weighted by Crippen LogP contribution is 2.38. The van der Waals surface area contributed by atoms with Crippen molar-refractivity contribution in [1.82, 2.24) is 10.2 Å². The van der Waals surface area contributed by atoms with Gasteiger partial charge in [-0.25, -0.2) is 4.79 Å². The molecule has 1 saturated carbocycles. The van der Waals surface area contributed by atoms with Gasteiger partial charge in [0.05, 0.1) is 16.9 Å². The third-order valence-corrected chi connectivity index (χ3v) is 6.97. The molecule has 2 aliphatic heterocycles. The fourth-order valence-corrected chi connectivity index (χ4v) is 4.97. The molecule has 4 amide bonds. The first kappa shape index (κ1) is 23.4. The number of alkyl halides is 3. The highest BCUT2D eigenvalue weighted by Gasteiger charge is 2.52. The number of imide groups is 1. The molecule has 0 aromatic heterocycles. The predicted molar refractivity (Wildman–Crippen MR) is 117 cm³/mol. The molecule has 7 nitrogen and oxygen atoms in total. The van der Waals surface area contributed by atoms with Crippen molar-refractivity contribution >= 4 is 29.2 Å². The molecular formula is C23H29F3N4O3. The van der Waals surface area contributed by atoms with Crippen molar-refractivity contribution in [2.45, 2.75) is 63.6 Å². The topological polar surface area (TPSA) is 81.8 Å². The fourth-order valence-electron chi connectivity index (χ4n) is 4.97. The summed E-state index contributed by atoms with van der Waals surface area (Å²) in [4.78, 5) is 41.1. The molecule has 2 heterocycles. The molecule has 0 atom stereocenters. The highest BCUT2D eigenvalue weighted by atomic mass is 19.4. The summed E-state index contributed by atoms with van der Waals surface area (Å²) in [5.74, 6) is -0.682. The summed E-state index contributed by atoms with van der Waals surface area (Å²) < 4.78 is 39.9. The van der Waals surface area contributed by atoms with Crippen molar-refractivity contribution in [3.63, 3.8) is 0 Å². The van der Waals surface area contributed by atoms with Gasteiger partial charge in [-0.05, 0) is 69.1 Å². The molecule has 2 N–H and O–H groups in total. The summed E-state index contributed by atoms with van der Waals surface area (Å²) in [6.07, 6.45) is 0.952. The monoisotopic (exact) mass is 466 g/mol. The zero-order valence-corrected chi connectivity index (χ0v) is 18.6. The van der Waals surface area contributed by atoms with Crippen LogP contribution in [0, 0.1) is 5.92 Å². The number of carbonyl (C=O) groups excluding carboxylic acids is 3. The van der Waals surface area contributed by atoms with Gasteiger partial charge in [-0.3, -0.25) is 14.5 Å². The molecule has 1 aromatic rings. The lowest BCUT2D eigenvalue weighted by molar-refractivity contribution is -0.137. The molecule has 0 unspecified atom stereocenters. The van der Waals surface area contributed by atoms with Crippen LogP contribution in [-0.4, -0.2) is 47.9 Å². The number of urea groups is 1. The zero-order chi connectivity index (χ0) is 23.8. The Hall–Kier alpha value is -2.78. The van der Waals surface area contributed by atoms with Crippen molar-refractivity contribution in [3.8, 4) is 0 Å². The quantitative estimate of drug-likeness (QED) is 0.654. The van der Waals surface area contributed by atoms with Crippen LogP contribution in [0.5, 0.6) is 0 Å². The Morgan fingerprint density at radius 3 is 2.45 bits per heavy atom. The van der Waals surface area contributed by atoms with Gasteiger partial charge in [0.2, 0.25) is 5.91 Å². The zero-order valence-electron chi connectivity index (χ0n) is 18.6. The maximum Gasteiger partial charge on any atom is 0.416 e. The summed E-state index contributed by atoms with van der Waals surface area (Å²) >= 11 is 0. The molecule has 0 radical (unpaired) electrons. The largest absolute Gasteiger partial charge is 0.416 e. The van der Waals surface area contributed by atoms with E-state index in [2.05, 4.69) is 17.6 Å². The summed E-state index contributed by atoms with van der Waals surface area (Å²) in [5, 5.41) is 5.28. The van der Waals surface area contributed by atoms with E-state index in [0.717, 1.165) is 49.1 Å². The second kappa shape index (κ2) is 8.87. The van der Waals surface area contributed by atoms with Crippen LogP contribution in [-0.2, 0) is 15.8 Å². The Morgan fingerprint density at radius 1 is 1.15 bits per heavy atom. The Morgan fingerprint density at radius 2 is 1.82 bits per heavy atom. The van der Waals surface area contributed by atoms with Gasteiger partial charge >= 0.3 is 12.2 Å². The van der Waals surface area contributed by atoms with E-state index in [4.69, 9.17) is 0 Å². The summed E-state index contributed by atoms with van der Waals surface area (Å²) in [6, 6.07) is 2.66. The second-order valence-electron chi connectivity index (χ2n) is 9.41. The number of anilines is 2. The van der Waals surface area contributed by atoms with E-state index in [1.54, 1.807) is 0 Å². The molecule has 1 spiro atoms. The number of halogens is 3. The standard InChI is InChI=1S/C23H29F3N4O3/c1-15-7-9-22(10-8-15)20(32)30(21(33)28-22)14-19(31)27-17-13-16(23(24,25)26)5-6-18(17)29-11-3-2-4-12-29/h5-6,13,15H,2-4,7-12,14H2,1H3,(H,27,31)(H,28,33). The lowest BCUT2D eigenvalue weighted by atomic mass is 9.77. The average molecular weight is 467 g/mol. The van der Waals surface area contributed by atoms with Crippen LogP contribution in [0.15, 0.2) is 18.2 Å². The van der Waals surface area contributed by atoms with E-state index in [-0.39, 0.29) is 5.69 Å². The number of carbonyl (C=O) groups is 3. The second-order valence-corrected chi connectivity index (χ2v) is 9.41. The van der Waals surface area contributed by atoms with Crippen LogP contribution >= 0.6 is 0 Å². The van der Waals surface area contributed by atoms with Crippen LogP contribution in [0.4, 0.5) is 29.3 Å². The number of nitrogens with one attached hydrogen (secondary N) is 2. The smallest absolute Gasteiger partial charge is 0.370 e. The Labute approximate surface area is 190 Å². The number of amides is 4. The van der Waals surface area contributed by atoms with E-state index in [9.17, 15) is 27.6 Å². The van der Waals surface area contributed by atoms with E-state index in [1.165, 1.54) is 6.07 Å². The molecule has 33 heavy (non-hydrogen) atoms. The molecule has 10 heteroatoms.